The maximum absolute atomic E-state index is 13.4. The predicted molar refractivity (Wildman–Crippen MR) is 128 cm³/mol. The third-order valence-electron chi connectivity index (χ3n) is 6.55. The van der Waals surface area contributed by atoms with Crippen LogP contribution in [0.15, 0.2) is 76.4 Å². The van der Waals surface area contributed by atoms with Crippen molar-refractivity contribution in [3.8, 4) is 5.75 Å². The van der Waals surface area contributed by atoms with Gasteiger partial charge in [-0.3, -0.25) is 9.59 Å². The SMILES string of the molecule is COc1ccccc1C(=O)Nc1ccc(S(=O)(=O)N2C[C@@H]3C[C@H](C2)c2cccc(=O)n2C3)cc1. The van der Waals surface area contributed by atoms with Crippen LogP contribution in [0, 0.1) is 5.92 Å². The van der Waals surface area contributed by atoms with Crippen LogP contribution in [0.5, 0.6) is 5.75 Å². The van der Waals surface area contributed by atoms with Gasteiger partial charge in [0.1, 0.15) is 5.75 Å². The first-order valence-corrected chi connectivity index (χ1v) is 12.5. The van der Waals surface area contributed by atoms with E-state index in [0.29, 0.717) is 36.6 Å². The number of amides is 1. The monoisotopic (exact) mass is 479 g/mol. The Bertz CT molecular complexity index is 1400. The van der Waals surface area contributed by atoms with Crippen LogP contribution in [0.2, 0.25) is 0 Å². The average molecular weight is 480 g/mol. The number of nitrogens with one attached hydrogen (secondary N) is 1. The van der Waals surface area contributed by atoms with Crippen molar-refractivity contribution in [3.05, 3.63) is 88.3 Å². The van der Waals surface area contributed by atoms with Gasteiger partial charge >= 0.3 is 0 Å². The second-order valence-corrected chi connectivity index (χ2v) is 10.6. The molecule has 0 spiro atoms. The third kappa shape index (κ3) is 4.01. The summed E-state index contributed by atoms with van der Waals surface area (Å²) < 4.78 is 35.3. The quantitative estimate of drug-likeness (QED) is 0.607. The highest BCUT2D eigenvalue weighted by molar-refractivity contribution is 7.89. The van der Waals surface area contributed by atoms with Gasteiger partial charge in [-0.1, -0.05) is 18.2 Å². The van der Waals surface area contributed by atoms with Crippen molar-refractivity contribution in [2.75, 3.05) is 25.5 Å². The molecule has 0 radical (unpaired) electrons. The van der Waals surface area contributed by atoms with Crippen LogP contribution in [-0.4, -0.2) is 43.4 Å². The number of carbonyl (C=O) groups is 1. The minimum atomic E-state index is -3.71. The fourth-order valence-electron chi connectivity index (χ4n) is 4.94. The van der Waals surface area contributed by atoms with Crippen LogP contribution in [0.1, 0.15) is 28.4 Å². The molecular formula is C25H25N3O5S. The summed E-state index contributed by atoms with van der Waals surface area (Å²) in [4.78, 5) is 25.0. The normalized spacial score (nSPS) is 19.8. The van der Waals surface area contributed by atoms with Crippen molar-refractivity contribution in [1.29, 1.82) is 0 Å². The second kappa shape index (κ2) is 8.73. The first-order valence-electron chi connectivity index (χ1n) is 11.1. The number of ether oxygens (including phenoxy) is 1. The van der Waals surface area contributed by atoms with Gasteiger partial charge < -0.3 is 14.6 Å². The van der Waals surface area contributed by atoms with E-state index in [9.17, 15) is 18.0 Å². The van der Waals surface area contributed by atoms with Gasteiger partial charge in [0.15, 0.2) is 0 Å². The van der Waals surface area contributed by atoms with E-state index >= 15 is 0 Å². The standard InChI is InChI=1S/C25H25N3O5S/c1-33-23-7-3-2-5-21(23)25(30)26-19-9-11-20(12-10-19)34(31,32)27-14-17-13-18(16-27)22-6-4-8-24(29)28(22)15-17/h2-12,17-18H,13-16H2,1H3,(H,26,30)/t17-,18+/m0/s1. The minimum absolute atomic E-state index is 0.00408. The molecule has 1 aromatic heterocycles. The number of para-hydroxylation sites is 1. The lowest BCUT2D eigenvalue weighted by atomic mass is 9.84. The van der Waals surface area contributed by atoms with E-state index in [4.69, 9.17) is 4.74 Å². The topological polar surface area (TPSA) is 97.7 Å². The Morgan fingerprint density at radius 3 is 2.50 bits per heavy atom. The highest BCUT2D eigenvalue weighted by Gasteiger charge is 2.39. The zero-order valence-electron chi connectivity index (χ0n) is 18.7. The van der Waals surface area contributed by atoms with Crippen molar-refractivity contribution < 1.29 is 17.9 Å². The van der Waals surface area contributed by atoms with Crippen LogP contribution in [0.4, 0.5) is 5.69 Å². The predicted octanol–water partition coefficient (Wildman–Crippen LogP) is 2.92. The number of rotatable bonds is 5. The van der Waals surface area contributed by atoms with Crippen molar-refractivity contribution in [1.82, 2.24) is 8.87 Å². The van der Waals surface area contributed by atoms with Gasteiger partial charge in [-0.25, -0.2) is 8.42 Å². The number of fused-ring (bicyclic) bond motifs is 4. The smallest absolute Gasteiger partial charge is 0.259 e. The van der Waals surface area contributed by atoms with Crippen LogP contribution in [-0.2, 0) is 16.6 Å². The summed E-state index contributed by atoms with van der Waals surface area (Å²) in [6.07, 6.45) is 0.878. The molecule has 2 aromatic carbocycles. The molecule has 5 rings (SSSR count). The molecule has 34 heavy (non-hydrogen) atoms. The number of piperidine rings is 1. The number of benzene rings is 2. The summed E-state index contributed by atoms with van der Waals surface area (Å²) in [5.41, 5.74) is 1.74. The molecule has 2 aliphatic heterocycles. The van der Waals surface area contributed by atoms with Crippen molar-refractivity contribution in [2.24, 2.45) is 5.92 Å². The molecule has 8 nitrogen and oxygen atoms in total. The first-order chi connectivity index (χ1) is 16.4. The van der Waals surface area contributed by atoms with E-state index in [1.165, 1.54) is 23.5 Å². The van der Waals surface area contributed by atoms with Crippen LogP contribution < -0.4 is 15.6 Å². The Hall–Kier alpha value is -3.43. The Balaban J connectivity index is 1.33. The second-order valence-electron chi connectivity index (χ2n) is 8.70. The summed E-state index contributed by atoms with van der Waals surface area (Å²) in [6.45, 7) is 1.26. The van der Waals surface area contributed by atoms with E-state index in [1.54, 1.807) is 53.1 Å². The van der Waals surface area contributed by atoms with Gasteiger partial charge in [0, 0.05) is 43.0 Å². The molecule has 0 aliphatic carbocycles. The van der Waals surface area contributed by atoms with Gasteiger partial charge in [-0.15, -0.1) is 0 Å². The van der Waals surface area contributed by atoms with Gasteiger partial charge in [-0.05, 0) is 54.8 Å². The molecule has 3 heterocycles. The Labute approximate surface area is 197 Å². The number of aromatic nitrogens is 1. The number of sulfonamides is 1. The van der Waals surface area contributed by atoms with Crippen molar-refractivity contribution in [2.45, 2.75) is 23.8 Å². The van der Waals surface area contributed by atoms with Crippen LogP contribution in [0.25, 0.3) is 0 Å². The van der Waals surface area contributed by atoms with E-state index in [-0.39, 0.29) is 28.2 Å². The first kappa shape index (κ1) is 22.4. The van der Waals surface area contributed by atoms with E-state index in [1.807, 2.05) is 6.07 Å². The third-order valence-corrected chi connectivity index (χ3v) is 8.39. The number of anilines is 1. The molecule has 2 bridgehead atoms. The molecule has 0 unspecified atom stereocenters. The molecule has 1 saturated heterocycles. The van der Waals surface area contributed by atoms with Gasteiger partial charge in [-0.2, -0.15) is 4.31 Å². The average Bonchev–Trinajstić information content (AvgIpc) is 2.85. The lowest BCUT2D eigenvalue weighted by Crippen LogP contribution is -2.48. The number of carbonyl (C=O) groups excluding carboxylic acids is 1. The fraction of sp³-hybridized carbons (Fsp3) is 0.280. The molecule has 3 aromatic rings. The van der Waals surface area contributed by atoms with E-state index in [0.717, 1.165) is 12.1 Å². The zero-order chi connectivity index (χ0) is 23.9. The van der Waals surface area contributed by atoms with Gasteiger partial charge in [0.25, 0.3) is 11.5 Å². The number of hydrogen-bond acceptors (Lipinski definition) is 5. The molecule has 1 fully saturated rings. The zero-order valence-corrected chi connectivity index (χ0v) is 19.5. The summed E-state index contributed by atoms with van der Waals surface area (Å²) in [6, 6.07) is 18.3. The molecule has 0 saturated carbocycles. The number of hydrogen-bond donors (Lipinski definition) is 1. The lowest BCUT2D eigenvalue weighted by molar-refractivity contribution is 0.102. The fourth-order valence-corrected chi connectivity index (χ4v) is 6.50. The lowest BCUT2D eigenvalue weighted by Gasteiger charge is -2.42. The summed E-state index contributed by atoms with van der Waals surface area (Å²) in [5.74, 6) is 0.209. The van der Waals surface area contributed by atoms with Crippen molar-refractivity contribution >= 4 is 21.6 Å². The molecule has 2 aliphatic rings. The van der Waals surface area contributed by atoms with E-state index < -0.39 is 10.0 Å². The van der Waals surface area contributed by atoms with Gasteiger partial charge in [0.05, 0.1) is 17.6 Å². The Kier molecular flexibility index (Phi) is 5.75. The van der Waals surface area contributed by atoms with Crippen LogP contribution >= 0.6 is 0 Å². The van der Waals surface area contributed by atoms with E-state index in [2.05, 4.69) is 5.32 Å². The highest BCUT2D eigenvalue weighted by atomic mass is 32.2. The molecule has 1 N–H and O–H groups in total. The maximum atomic E-state index is 13.4. The number of methoxy groups -OCH3 is 1. The number of nitrogens with zero attached hydrogens (tertiary/aromatic N) is 2. The molecule has 1 amide bonds. The minimum Gasteiger partial charge on any atom is -0.496 e. The van der Waals surface area contributed by atoms with Crippen LogP contribution in [0.3, 0.4) is 0 Å². The number of pyridine rings is 1. The molecular weight excluding hydrogens is 454 g/mol. The molecule has 176 valence electrons. The largest absolute Gasteiger partial charge is 0.496 e. The highest BCUT2D eigenvalue weighted by Crippen LogP contribution is 2.37. The van der Waals surface area contributed by atoms with Crippen molar-refractivity contribution in [3.63, 3.8) is 0 Å². The molecule has 9 heteroatoms. The maximum Gasteiger partial charge on any atom is 0.259 e. The summed E-state index contributed by atoms with van der Waals surface area (Å²) in [7, 11) is -2.21. The van der Waals surface area contributed by atoms with Gasteiger partial charge in [0.2, 0.25) is 10.0 Å². The molecule has 2 atom stereocenters. The summed E-state index contributed by atoms with van der Waals surface area (Å²) in [5, 5.41) is 2.78. The Morgan fingerprint density at radius 2 is 1.74 bits per heavy atom. The Morgan fingerprint density at radius 1 is 0.971 bits per heavy atom. The summed E-state index contributed by atoms with van der Waals surface area (Å²) >= 11 is 0.